The summed E-state index contributed by atoms with van der Waals surface area (Å²) in [5, 5.41) is 3.38. The van der Waals surface area contributed by atoms with Crippen molar-refractivity contribution in [3.8, 4) is 0 Å². The van der Waals surface area contributed by atoms with E-state index in [1.807, 2.05) is 36.1 Å². The summed E-state index contributed by atoms with van der Waals surface area (Å²) in [5.41, 5.74) is 1.01. The Morgan fingerprint density at radius 2 is 2.25 bits per heavy atom. The third kappa shape index (κ3) is 3.04. The quantitative estimate of drug-likeness (QED) is 0.933. The van der Waals surface area contributed by atoms with Crippen molar-refractivity contribution in [2.45, 2.75) is 19.9 Å². The van der Waals surface area contributed by atoms with Crippen molar-refractivity contribution in [3.05, 3.63) is 34.9 Å². The standard InChI is InChI=1S/C14H18ClN3O2/c1-3-18-12(10-7-5-6-8-11(10)15)9-16-13(18)17-14(19)20-4-2/h5-8,12H,3-4,9H2,1-2H3,(H,16,17,19). The smallest absolute Gasteiger partial charge is 0.413 e. The van der Waals surface area contributed by atoms with Crippen molar-refractivity contribution < 1.29 is 9.53 Å². The number of nitrogens with zero attached hydrogens (tertiary/aromatic N) is 2. The van der Waals surface area contributed by atoms with Gasteiger partial charge in [-0.1, -0.05) is 29.8 Å². The topological polar surface area (TPSA) is 53.9 Å². The Kier molecular flexibility index (Phi) is 4.84. The minimum absolute atomic E-state index is 0.0469. The summed E-state index contributed by atoms with van der Waals surface area (Å²) < 4.78 is 4.88. The number of halogens is 1. The molecule has 1 aromatic carbocycles. The van der Waals surface area contributed by atoms with E-state index in [9.17, 15) is 4.79 Å². The largest absolute Gasteiger partial charge is 0.450 e. The van der Waals surface area contributed by atoms with Crippen LogP contribution in [0.4, 0.5) is 4.79 Å². The van der Waals surface area contributed by atoms with Crippen molar-refractivity contribution in [2.75, 3.05) is 19.7 Å². The number of ether oxygens (including phenoxy) is 1. The van der Waals surface area contributed by atoms with E-state index in [0.717, 1.165) is 12.1 Å². The summed E-state index contributed by atoms with van der Waals surface area (Å²) >= 11 is 6.24. The van der Waals surface area contributed by atoms with Crippen LogP contribution in [0, 0.1) is 0 Å². The van der Waals surface area contributed by atoms with Crippen LogP contribution in [-0.4, -0.2) is 36.6 Å². The van der Waals surface area contributed by atoms with Crippen molar-refractivity contribution >= 4 is 23.7 Å². The maximum Gasteiger partial charge on any atom is 0.413 e. The molecular formula is C14H18ClN3O2. The number of likely N-dealkylation sites (N-methyl/N-ethyl adjacent to an activating group) is 1. The number of benzene rings is 1. The fourth-order valence-electron chi connectivity index (χ4n) is 2.26. The fourth-order valence-corrected chi connectivity index (χ4v) is 2.52. The van der Waals surface area contributed by atoms with Crippen LogP contribution in [0.25, 0.3) is 0 Å². The van der Waals surface area contributed by atoms with Crippen LogP contribution in [0.1, 0.15) is 25.5 Å². The molecule has 1 atom stereocenters. The van der Waals surface area contributed by atoms with Gasteiger partial charge in [-0.15, -0.1) is 0 Å². The van der Waals surface area contributed by atoms with Gasteiger partial charge in [0, 0.05) is 11.6 Å². The molecule has 1 unspecified atom stereocenters. The number of aliphatic imine (C=N–C) groups is 1. The van der Waals surface area contributed by atoms with Gasteiger partial charge in [0.1, 0.15) is 0 Å². The molecule has 108 valence electrons. The predicted molar refractivity (Wildman–Crippen MR) is 79.0 cm³/mol. The van der Waals surface area contributed by atoms with Gasteiger partial charge in [0.15, 0.2) is 0 Å². The molecule has 0 aromatic heterocycles. The first-order valence-corrected chi connectivity index (χ1v) is 7.04. The average molecular weight is 296 g/mol. The summed E-state index contributed by atoms with van der Waals surface area (Å²) in [6.07, 6.45) is -0.482. The monoisotopic (exact) mass is 295 g/mol. The second-order valence-electron chi connectivity index (χ2n) is 4.33. The lowest BCUT2D eigenvalue weighted by molar-refractivity contribution is 0.156. The van der Waals surface area contributed by atoms with E-state index in [1.165, 1.54) is 0 Å². The average Bonchev–Trinajstić information content (AvgIpc) is 2.82. The molecule has 1 heterocycles. The van der Waals surface area contributed by atoms with Crippen LogP contribution < -0.4 is 5.32 Å². The third-order valence-electron chi connectivity index (χ3n) is 3.16. The lowest BCUT2D eigenvalue weighted by Gasteiger charge is -2.27. The normalized spacial score (nSPS) is 17.9. The number of alkyl carbamates (subject to hydrolysis) is 1. The summed E-state index contributed by atoms with van der Waals surface area (Å²) in [6, 6.07) is 7.74. The first-order chi connectivity index (χ1) is 9.67. The van der Waals surface area contributed by atoms with Gasteiger partial charge in [-0.3, -0.25) is 10.3 Å². The molecule has 1 N–H and O–H groups in total. The number of rotatable bonds is 3. The van der Waals surface area contributed by atoms with E-state index in [4.69, 9.17) is 16.3 Å². The van der Waals surface area contributed by atoms with Crippen LogP contribution in [0.3, 0.4) is 0 Å². The maximum absolute atomic E-state index is 11.5. The first kappa shape index (κ1) is 14.7. The summed E-state index contributed by atoms with van der Waals surface area (Å²) in [4.78, 5) is 17.9. The second kappa shape index (κ2) is 6.61. The Bertz CT molecular complexity index is 519. The number of guanidine groups is 1. The molecule has 0 saturated carbocycles. The molecule has 1 aliphatic heterocycles. The van der Waals surface area contributed by atoms with E-state index in [2.05, 4.69) is 10.3 Å². The molecule has 0 saturated heterocycles. The maximum atomic E-state index is 11.5. The van der Waals surface area contributed by atoms with E-state index in [0.29, 0.717) is 24.1 Å². The SMILES string of the molecule is CCOC(=O)NC1=NCC(c2ccccc2Cl)N1CC. The summed E-state index contributed by atoms with van der Waals surface area (Å²) in [7, 11) is 0. The van der Waals surface area contributed by atoms with Crippen molar-refractivity contribution in [1.82, 2.24) is 10.2 Å². The zero-order chi connectivity index (χ0) is 14.5. The van der Waals surface area contributed by atoms with Crippen LogP contribution >= 0.6 is 11.6 Å². The lowest BCUT2D eigenvalue weighted by Crippen LogP contribution is -2.42. The molecule has 0 fully saturated rings. The Labute approximate surface area is 123 Å². The van der Waals surface area contributed by atoms with Crippen molar-refractivity contribution in [3.63, 3.8) is 0 Å². The van der Waals surface area contributed by atoms with E-state index < -0.39 is 6.09 Å². The highest BCUT2D eigenvalue weighted by atomic mass is 35.5. The van der Waals surface area contributed by atoms with Gasteiger partial charge in [-0.25, -0.2) is 4.79 Å². The predicted octanol–water partition coefficient (Wildman–Crippen LogP) is 2.82. The molecule has 0 bridgehead atoms. The fraction of sp³-hybridized carbons (Fsp3) is 0.429. The molecule has 2 rings (SSSR count). The van der Waals surface area contributed by atoms with Gasteiger partial charge in [-0.2, -0.15) is 0 Å². The van der Waals surface area contributed by atoms with Gasteiger partial charge in [0.05, 0.1) is 19.2 Å². The Morgan fingerprint density at radius 3 is 2.90 bits per heavy atom. The number of carbonyl (C=O) groups is 1. The Morgan fingerprint density at radius 1 is 1.50 bits per heavy atom. The molecule has 1 aliphatic rings. The molecule has 0 radical (unpaired) electrons. The molecule has 5 nitrogen and oxygen atoms in total. The number of hydrogen-bond donors (Lipinski definition) is 1. The number of hydrogen-bond acceptors (Lipinski definition) is 4. The first-order valence-electron chi connectivity index (χ1n) is 6.66. The van der Waals surface area contributed by atoms with Crippen molar-refractivity contribution in [2.24, 2.45) is 4.99 Å². The van der Waals surface area contributed by atoms with Gasteiger partial charge in [0.25, 0.3) is 0 Å². The van der Waals surface area contributed by atoms with Gasteiger partial charge in [-0.05, 0) is 25.5 Å². The van der Waals surface area contributed by atoms with Gasteiger partial charge >= 0.3 is 6.09 Å². The number of nitrogens with one attached hydrogen (secondary N) is 1. The van der Waals surface area contributed by atoms with Crippen LogP contribution in [0.2, 0.25) is 5.02 Å². The minimum atomic E-state index is -0.482. The Hall–Kier alpha value is -1.75. The molecule has 1 aromatic rings. The highest BCUT2D eigenvalue weighted by Crippen LogP contribution is 2.30. The van der Waals surface area contributed by atoms with E-state index in [1.54, 1.807) is 6.92 Å². The van der Waals surface area contributed by atoms with Crippen LogP contribution in [0.5, 0.6) is 0 Å². The van der Waals surface area contributed by atoms with E-state index in [-0.39, 0.29) is 6.04 Å². The lowest BCUT2D eigenvalue weighted by atomic mass is 10.1. The molecule has 6 heteroatoms. The van der Waals surface area contributed by atoms with E-state index >= 15 is 0 Å². The molecular weight excluding hydrogens is 278 g/mol. The van der Waals surface area contributed by atoms with Crippen LogP contribution in [-0.2, 0) is 4.74 Å². The van der Waals surface area contributed by atoms with Gasteiger partial charge < -0.3 is 9.64 Å². The number of carbonyl (C=O) groups excluding carboxylic acids is 1. The molecule has 1 amide bonds. The highest BCUT2D eigenvalue weighted by Gasteiger charge is 2.30. The number of amides is 1. The minimum Gasteiger partial charge on any atom is -0.450 e. The zero-order valence-electron chi connectivity index (χ0n) is 11.6. The molecule has 0 aliphatic carbocycles. The third-order valence-corrected chi connectivity index (χ3v) is 3.50. The summed E-state index contributed by atoms with van der Waals surface area (Å²) in [5.74, 6) is 0.538. The second-order valence-corrected chi connectivity index (χ2v) is 4.74. The van der Waals surface area contributed by atoms with Crippen molar-refractivity contribution in [1.29, 1.82) is 0 Å². The Balaban J connectivity index is 2.13. The van der Waals surface area contributed by atoms with Crippen LogP contribution in [0.15, 0.2) is 29.3 Å². The van der Waals surface area contributed by atoms with Gasteiger partial charge in [0.2, 0.25) is 5.96 Å². The highest BCUT2D eigenvalue weighted by molar-refractivity contribution is 6.31. The zero-order valence-corrected chi connectivity index (χ0v) is 12.4. The molecule has 20 heavy (non-hydrogen) atoms. The summed E-state index contributed by atoms with van der Waals surface area (Å²) in [6.45, 7) is 5.40. The molecule has 0 spiro atoms.